The Morgan fingerprint density at radius 2 is 1.85 bits per heavy atom. The van der Waals surface area contributed by atoms with E-state index in [1.807, 2.05) is 18.3 Å². The largest absolute Gasteiger partial charge is 0.524 e. The Kier molecular flexibility index (Phi) is 4.82. The molecule has 0 radical (unpaired) electrons. The number of hydrogen-bond donors (Lipinski definition) is 3. The van der Waals surface area contributed by atoms with E-state index in [9.17, 15) is 14.4 Å². The van der Waals surface area contributed by atoms with Crippen LogP contribution in [0.15, 0.2) is 54.7 Å². The van der Waals surface area contributed by atoms with Gasteiger partial charge in [0.2, 0.25) is 0 Å². The predicted octanol–water partition coefficient (Wildman–Crippen LogP) is 3.60. The number of phosphoric ester groups is 1. The molecule has 0 bridgehead atoms. The third-order valence-corrected chi connectivity index (χ3v) is 5.88. The van der Waals surface area contributed by atoms with Crippen molar-refractivity contribution in [3.8, 4) is 5.75 Å². The summed E-state index contributed by atoms with van der Waals surface area (Å²) in [5.41, 5.74) is 3.21. The van der Waals surface area contributed by atoms with Crippen molar-refractivity contribution in [2.75, 3.05) is 19.6 Å². The van der Waals surface area contributed by atoms with E-state index in [4.69, 9.17) is 4.52 Å². The van der Waals surface area contributed by atoms with Crippen LogP contribution < -0.4 is 4.52 Å². The van der Waals surface area contributed by atoms with Gasteiger partial charge in [0.25, 0.3) is 0 Å². The zero-order valence-electron chi connectivity index (χ0n) is 15.0. The number of quaternary nitrogens is 1. The van der Waals surface area contributed by atoms with Crippen molar-refractivity contribution < 1.29 is 23.4 Å². The van der Waals surface area contributed by atoms with Gasteiger partial charge >= 0.3 is 7.82 Å². The van der Waals surface area contributed by atoms with Crippen LogP contribution in [0, 0.1) is 0 Å². The first-order valence-electron chi connectivity index (χ1n) is 9.17. The Balaban J connectivity index is 1.56. The molecule has 142 valence electrons. The van der Waals surface area contributed by atoms with E-state index in [0.29, 0.717) is 0 Å². The van der Waals surface area contributed by atoms with Crippen molar-refractivity contribution in [3.05, 3.63) is 65.9 Å². The number of likely N-dealkylation sites (tertiary alicyclic amines) is 1. The molecule has 0 atom stereocenters. The highest BCUT2D eigenvalue weighted by Gasteiger charge is 2.35. The topological polar surface area (TPSA) is 82.6 Å². The molecular weight excluding hydrogens is 363 g/mol. The van der Waals surface area contributed by atoms with Crippen LogP contribution in [-0.4, -0.2) is 38.9 Å². The molecule has 4 rings (SSSR count). The van der Waals surface area contributed by atoms with Gasteiger partial charge in [0, 0.05) is 35.5 Å². The van der Waals surface area contributed by atoms with Gasteiger partial charge < -0.3 is 14.0 Å². The van der Waals surface area contributed by atoms with Gasteiger partial charge in [-0.2, -0.15) is 0 Å². The first-order valence-corrected chi connectivity index (χ1v) is 10.7. The first kappa shape index (κ1) is 18.3. The molecule has 1 saturated heterocycles. The van der Waals surface area contributed by atoms with Crippen LogP contribution in [0.2, 0.25) is 0 Å². The van der Waals surface area contributed by atoms with E-state index in [1.165, 1.54) is 25.1 Å². The standard InChI is InChI=1S/C20H23N2O4P/c23-27(24,25)26-19-9-4-8-18-20(19)17(14-21-18)10-13-22(11-5-12-22)15-16-6-2-1-3-7-16/h1-4,6-9,14,21H,5,10-13,15H2,(H-,23,24,25)/p+1. The van der Waals surface area contributed by atoms with Crippen LogP contribution in [0.4, 0.5) is 0 Å². The number of aromatic amines is 1. The second-order valence-corrected chi connectivity index (χ2v) is 8.50. The molecule has 6 nitrogen and oxygen atoms in total. The van der Waals surface area contributed by atoms with Gasteiger partial charge in [-0.25, -0.2) is 4.57 Å². The fourth-order valence-corrected chi connectivity index (χ4v) is 4.42. The molecule has 1 aliphatic heterocycles. The molecule has 3 N–H and O–H groups in total. The minimum atomic E-state index is -4.60. The highest BCUT2D eigenvalue weighted by molar-refractivity contribution is 7.46. The van der Waals surface area contributed by atoms with E-state index in [1.54, 1.807) is 12.1 Å². The fraction of sp³-hybridized carbons (Fsp3) is 0.300. The number of phosphoric acid groups is 1. The van der Waals surface area contributed by atoms with E-state index < -0.39 is 7.82 Å². The molecule has 2 aromatic carbocycles. The lowest BCUT2D eigenvalue weighted by atomic mass is 10.0. The molecule has 1 aromatic heterocycles. The molecule has 0 aliphatic carbocycles. The summed E-state index contributed by atoms with van der Waals surface area (Å²) < 4.78 is 17.3. The van der Waals surface area contributed by atoms with Crippen molar-refractivity contribution in [1.29, 1.82) is 0 Å². The van der Waals surface area contributed by atoms with Crippen LogP contribution in [-0.2, 0) is 17.5 Å². The fourth-order valence-electron chi connectivity index (χ4n) is 4.02. The summed E-state index contributed by atoms with van der Waals surface area (Å²) >= 11 is 0. The smallest absolute Gasteiger partial charge is 0.404 e. The van der Waals surface area contributed by atoms with Crippen molar-refractivity contribution in [2.45, 2.75) is 19.4 Å². The molecule has 3 aromatic rings. The minimum absolute atomic E-state index is 0.232. The highest BCUT2D eigenvalue weighted by atomic mass is 31.2. The van der Waals surface area contributed by atoms with Crippen molar-refractivity contribution in [2.24, 2.45) is 0 Å². The quantitative estimate of drug-likeness (QED) is 0.427. The molecule has 0 amide bonds. The van der Waals surface area contributed by atoms with E-state index in [2.05, 4.69) is 29.2 Å². The lowest BCUT2D eigenvalue weighted by molar-refractivity contribution is -0.975. The number of H-pyrrole nitrogens is 1. The molecule has 7 heteroatoms. The maximum Gasteiger partial charge on any atom is 0.524 e. The molecule has 0 spiro atoms. The Labute approximate surface area is 158 Å². The number of fused-ring (bicyclic) bond motifs is 1. The van der Waals surface area contributed by atoms with Gasteiger partial charge in [-0.3, -0.25) is 9.79 Å². The Morgan fingerprint density at radius 3 is 2.52 bits per heavy atom. The maximum absolute atomic E-state index is 11.3. The maximum atomic E-state index is 11.3. The van der Waals surface area contributed by atoms with Gasteiger partial charge in [0.1, 0.15) is 12.3 Å². The molecule has 27 heavy (non-hydrogen) atoms. The van der Waals surface area contributed by atoms with E-state index >= 15 is 0 Å². The number of nitrogens with zero attached hydrogens (tertiary/aromatic N) is 1. The molecule has 2 heterocycles. The third-order valence-electron chi connectivity index (χ3n) is 5.45. The van der Waals surface area contributed by atoms with Crippen LogP contribution in [0.3, 0.4) is 0 Å². The van der Waals surface area contributed by atoms with Crippen LogP contribution in [0.5, 0.6) is 5.75 Å². The van der Waals surface area contributed by atoms with E-state index in [0.717, 1.165) is 40.5 Å². The highest BCUT2D eigenvalue weighted by Crippen LogP contribution is 2.41. The van der Waals surface area contributed by atoms with Gasteiger partial charge in [-0.05, 0) is 17.7 Å². The molecule has 0 saturated carbocycles. The number of benzene rings is 2. The minimum Gasteiger partial charge on any atom is -0.404 e. The number of hydrogen-bond acceptors (Lipinski definition) is 2. The Hall–Kier alpha value is -2.11. The molecule has 0 unspecified atom stereocenters. The normalized spacial score (nSPS) is 16.2. The summed E-state index contributed by atoms with van der Waals surface area (Å²) in [6.07, 6.45) is 4.00. The number of aromatic nitrogens is 1. The van der Waals surface area contributed by atoms with Crippen molar-refractivity contribution in [1.82, 2.24) is 4.98 Å². The summed E-state index contributed by atoms with van der Waals surface area (Å²) in [7, 11) is -4.60. The monoisotopic (exact) mass is 387 g/mol. The first-order chi connectivity index (χ1) is 12.9. The van der Waals surface area contributed by atoms with Crippen molar-refractivity contribution >= 4 is 18.7 Å². The SMILES string of the molecule is O=P(O)(O)Oc1cccc2[nH]cc(CC[N+]3(Cc4ccccc4)CCC3)c12. The summed E-state index contributed by atoms with van der Waals surface area (Å²) in [4.78, 5) is 21.6. The molecule has 1 fully saturated rings. The Morgan fingerprint density at radius 1 is 1.07 bits per heavy atom. The number of rotatable bonds is 7. The van der Waals surface area contributed by atoms with E-state index in [-0.39, 0.29) is 5.75 Å². The summed E-state index contributed by atoms with van der Waals surface area (Å²) in [5.74, 6) is 0.232. The van der Waals surface area contributed by atoms with Gasteiger partial charge in [0.05, 0.1) is 19.6 Å². The van der Waals surface area contributed by atoms with Crippen LogP contribution in [0.1, 0.15) is 17.5 Å². The zero-order chi connectivity index (χ0) is 18.9. The lowest BCUT2D eigenvalue weighted by Crippen LogP contribution is -2.57. The summed E-state index contributed by atoms with van der Waals surface area (Å²) in [6.45, 7) is 4.35. The lowest BCUT2D eigenvalue weighted by Gasteiger charge is -2.46. The predicted molar refractivity (Wildman–Crippen MR) is 104 cm³/mol. The van der Waals surface area contributed by atoms with Gasteiger partial charge in [-0.1, -0.05) is 36.4 Å². The summed E-state index contributed by atoms with van der Waals surface area (Å²) in [6, 6.07) is 15.8. The van der Waals surface area contributed by atoms with Gasteiger partial charge in [0.15, 0.2) is 0 Å². The Bertz CT molecular complexity index is 976. The summed E-state index contributed by atoms with van der Waals surface area (Å²) in [5, 5.41) is 0.763. The van der Waals surface area contributed by atoms with Gasteiger partial charge in [-0.15, -0.1) is 0 Å². The van der Waals surface area contributed by atoms with Crippen LogP contribution in [0.25, 0.3) is 10.9 Å². The van der Waals surface area contributed by atoms with Crippen LogP contribution >= 0.6 is 7.82 Å². The third kappa shape index (κ3) is 4.09. The second-order valence-electron chi connectivity index (χ2n) is 7.33. The second kappa shape index (κ2) is 7.13. The number of nitrogens with one attached hydrogen (secondary N) is 1. The average molecular weight is 387 g/mol. The molecular formula is C20H24N2O4P+. The molecule has 1 aliphatic rings. The average Bonchev–Trinajstić information content (AvgIpc) is 3.01. The zero-order valence-corrected chi connectivity index (χ0v) is 15.9. The van der Waals surface area contributed by atoms with Crippen molar-refractivity contribution in [3.63, 3.8) is 0 Å².